The Balaban J connectivity index is 1.68. The molecular formula is C23H30Cl2N2O2. The maximum atomic E-state index is 6.31. The van der Waals surface area contributed by atoms with Crippen LogP contribution in [0.1, 0.15) is 37.8 Å². The molecule has 1 saturated heterocycles. The molecule has 6 heteroatoms. The molecule has 0 aliphatic carbocycles. The third kappa shape index (κ3) is 6.02. The molecule has 1 aliphatic heterocycles. The molecule has 1 fully saturated rings. The van der Waals surface area contributed by atoms with Crippen LogP contribution >= 0.6 is 23.2 Å². The van der Waals surface area contributed by atoms with Gasteiger partial charge in [-0.05, 0) is 51.1 Å². The van der Waals surface area contributed by atoms with E-state index in [-0.39, 0.29) is 0 Å². The van der Waals surface area contributed by atoms with Crippen molar-refractivity contribution in [2.45, 2.75) is 45.9 Å². The van der Waals surface area contributed by atoms with Gasteiger partial charge in [0.1, 0.15) is 6.61 Å². The van der Waals surface area contributed by atoms with Crippen LogP contribution in [0.3, 0.4) is 0 Å². The number of hydrogen-bond acceptors (Lipinski definition) is 4. The zero-order valence-electron chi connectivity index (χ0n) is 17.2. The van der Waals surface area contributed by atoms with Gasteiger partial charge in [0.2, 0.25) is 0 Å². The molecule has 3 rings (SSSR count). The van der Waals surface area contributed by atoms with Gasteiger partial charge in [-0.2, -0.15) is 0 Å². The van der Waals surface area contributed by atoms with E-state index in [1.54, 1.807) is 6.07 Å². The summed E-state index contributed by atoms with van der Waals surface area (Å²) < 4.78 is 12.0. The number of rotatable bonds is 10. The zero-order chi connectivity index (χ0) is 20.6. The van der Waals surface area contributed by atoms with Crippen LogP contribution in [-0.2, 0) is 13.2 Å². The van der Waals surface area contributed by atoms with Crippen LogP contribution in [0.15, 0.2) is 36.4 Å². The predicted octanol–water partition coefficient (Wildman–Crippen LogP) is 5.55. The quantitative estimate of drug-likeness (QED) is 0.529. The number of ether oxygens (including phenoxy) is 2. The number of likely N-dealkylation sites (N-methyl/N-ethyl adjacent to an activating group) is 1. The summed E-state index contributed by atoms with van der Waals surface area (Å²) in [6, 6.07) is 12.1. The van der Waals surface area contributed by atoms with Crippen LogP contribution in [0.5, 0.6) is 11.5 Å². The Labute approximate surface area is 184 Å². The summed E-state index contributed by atoms with van der Waals surface area (Å²) in [5.74, 6) is 1.53. The highest BCUT2D eigenvalue weighted by Gasteiger charge is 2.22. The topological polar surface area (TPSA) is 33.7 Å². The lowest BCUT2D eigenvalue weighted by molar-refractivity contribution is 0.256. The van der Waals surface area contributed by atoms with Crippen molar-refractivity contribution in [2.24, 2.45) is 0 Å². The first-order valence-corrected chi connectivity index (χ1v) is 11.1. The van der Waals surface area contributed by atoms with Crippen molar-refractivity contribution in [2.75, 3.05) is 26.2 Å². The molecule has 2 aromatic rings. The molecule has 4 nitrogen and oxygen atoms in total. The third-order valence-corrected chi connectivity index (χ3v) is 5.94. The second kappa shape index (κ2) is 11.1. The molecule has 0 saturated carbocycles. The lowest BCUT2D eigenvalue weighted by atomic mass is 10.1. The molecule has 1 aliphatic rings. The van der Waals surface area contributed by atoms with Crippen LogP contribution in [0.2, 0.25) is 10.0 Å². The molecule has 0 spiro atoms. The van der Waals surface area contributed by atoms with Crippen LogP contribution in [0.25, 0.3) is 0 Å². The fourth-order valence-electron chi connectivity index (χ4n) is 3.84. The minimum absolute atomic E-state index is 0.360. The lowest BCUT2D eigenvalue weighted by Crippen LogP contribution is -2.37. The lowest BCUT2D eigenvalue weighted by Gasteiger charge is -2.23. The van der Waals surface area contributed by atoms with Crippen molar-refractivity contribution < 1.29 is 9.47 Å². The molecule has 1 N–H and O–H groups in total. The van der Waals surface area contributed by atoms with Gasteiger partial charge < -0.3 is 14.8 Å². The van der Waals surface area contributed by atoms with Gasteiger partial charge in [-0.3, -0.25) is 4.90 Å². The Morgan fingerprint density at radius 2 is 1.97 bits per heavy atom. The van der Waals surface area contributed by atoms with Crippen LogP contribution < -0.4 is 14.8 Å². The second-order valence-electron chi connectivity index (χ2n) is 7.26. The van der Waals surface area contributed by atoms with E-state index in [2.05, 4.69) is 23.2 Å². The Morgan fingerprint density at radius 1 is 1.10 bits per heavy atom. The summed E-state index contributed by atoms with van der Waals surface area (Å²) in [5.41, 5.74) is 1.98. The maximum absolute atomic E-state index is 6.31. The highest BCUT2D eigenvalue weighted by atomic mass is 35.5. The van der Waals surface area contributed by atoms with Gasteiger partial charge in [-0.1, -0.05) is 48.3 Å². The molecular weight excluding hydrogens is 407 g/mol. The standard InChI is InChI=1S/C23H30Cl2N2O2/c1-3-27-12-6-8-20(27)15-26-14-17-7-5-9-22(28-4-2)23(17)29-16-18-10-11-19(24)13-21(18)25/h5,7,9-11,13,20,26H,3-4,6,8,12,14-16H2,1-2H3. The van der Waals surface area contributed by atoms with Crippen molar-refractivity contribution in [3.8, 4) is 11.5 Å². The Bertz CT molecular complexity index is 800. The number of hydrogen-bond donors (Lipinski definition) is 1. The summed E-state index contributed by atoms with van der Waals surface area (Å²) in [7, 11) is 0. The minimum atomic E-state index is 0.360. The van der Waals surface area contributed by atoms with E-state index in [0.717, 1.165) is 42.3 Å². The molecule has 0 radical (unpaired) electrons. The predicted molar refractivity (Wildman–Crippen MR) is 120 cm³/mol. The number of likely N-dealkylation sites (tertiary alicyclic amines) is 1. The van der Waals surface area contributed by atoms with E-state index in [9.17, 15) is 0 Å². The second-order valence-corrected chi connectivity index (χ2v) is 8.10. The average molecular weight is 437 g/mol. The van der Waals surface area contributed by atoms with Gasteiger partial charge in [0.15, 0.2) is 11.5 Å². The summed E-state index contributed by atoms with van der Waals surface area (Å²) in [6.45, 7) is 9.19. The van der Waals surface area contributed by atoms with Crippen molar-refractivity contribution in [1.82, 2.24) is 10.2 Å². The minimum Gasteiger partial charge on any atom is -0.490 e. The molecule has 0 aromatic heterocycles. The molecule has 158 valence electrons. The molecule has 2 aromatic carbocycles. The molecule has 0 bridgehead atoms. The molecule has 29 heavy (non-hydrogen) atoms. The average Bonchev–Trinajstić information content (AvgIpc) is 3.16. The highest BCUT2D eigenvalue weighted by molar-refractivity contribution is 6.35. The van der Waals surface area contributed by atoms with E-state index in [0.29, 0.717) is 29.3 Å². The fraction of sp³-hybridized carbons (Fsp3) is 0.478. The Hall–Kier alpha value is -1.46. The van der Waals surface area contributed by atoms with E-state index >= 15 is 0 Å². The van der Waals surface area contributed by atoms with Crippen molar-refractivity contribution in [3.05, 3.63) is 57.6 Å². The number of nitrogens with one attached hydrogen (secondary N) is 1. The van der Waals surface area contributed by atoms with Gasteiger partial charge >= 0.3 is 0 Å². The monoisotopic (exact) mass is 436 g/mol. The van der Waals surface area contributed by atoms with Gasteiger partial charge in [-0.25, -0.2) is 0 Å². The van der Waals surface area contributed by atoms with Crippen LogP contribution in [0.4, 0.5) is 0 Å². The normalized spacial score (nSPS) is 16.9. The Morgan fingerprint density at radius 3 is 2.72 bits per heavy atom. The number of halogens is 2. The number of benzene rings is 2. The van der Waals surface area contributed by atoms with Crippen molar-refractivity contribution >= 4 is 23.2 Å². The first-order chi connectivity index (χ1) is 14.1. The van der Waals surface area contributed by atoms with E-state index in [1.165, 1.54) is 19.4 Å². The first-order valence-electron chi connectivity index (χ1n) is 10.4. The maximum Gasteiger partial charge on any atom is 0.166 e. The van der Waals surface area contributed by atoms with Gasteiger partial charge in [0, 0.05) is 40.3 Å². The largest absolute Gasteiger partial charge is 0.490 e. The summed E-state index contributed by atoms with van der Waals surface area (Å²) in [6.07, 6.45) is 2.55. The number of para-hydroxylation sites is 1. The molecule has 1 heterocycles. The smallest absolute Gasteiger partial charge is 0.166 e. The van der Waals surface area contributed by atoms with Crippen molar-refractivity contribution in [3.63, 3.8) is 0 Å². The third-order valence-electron chi connectivity index (χ3n) is 5.35. The van der Waals surface area contributed by atoms with E-state index in [1.807, 2.05) is 31.2 Å². The molecule has 1 atom stereocenters. The number of nitrogens with zero attached hydrogens (tertiary/aromatic N) is 1. The van der Waals surface area contributed by atoms with Gasteiger partial charge in [-0.15, -0.1) is 0 Å². The fourth-order valence-corrected chi connectivity index (χ4v) is 4.30. The zero-order valence-corrected chi connectivity index (χ0v) is 18.7. The first kappa shape index (κ1) is 22.2. The summed E-state index contributed by atoms with van der Waals surface area (Å²) in [4.78, 5) is 2.55. The highest BCUT2D eigenvalue weighted by Crippen LogP contribution is 2.33. The summed E-state index contributed by atoms with van der Waals surface area (Å²) in [5, 5.41) is 4.83. The molecule has 0 amide bonds. The Kier molecular flexibility index (Phi) is 8.49. The summed E-state index contributed by atoms with van der Waals surface area (Å²) >= 11 is 12.3. The van der Waals surface area contributed by atoms with Gasteiger partial charge in [0.25, 0.3) is 0 Å². The van der Waals surface area contributed by atoms with E-state index in [4.69, 9.17) is 32.7 Å². The van der Waals surface area contributed by atoms with Gasteiger partial charge in [0.05, 0.1) is 6.61 Å². The van der Waals surface area contributed by atoms with Crippen LogP contribution in [0, 0.1) is 0 Å². The molecule has 1 unspecified atom stereocenters. The van der Waals surface area contributed by atoms with Crippen molar-refractivity contribution in [1.29, 1.82) is 0 Å². The SMILES string of the molecule is CCOc1cccc(CNCC2CCCN2CC)c1OCc1ccc(Cl)cc1Cl. The van der Waals surface area contributed by atoms with Crippen LogP contribution in [-0.4, -0.2) is 37.2 Å². The van der Waals surface area contributed by atoms with E-state index < -0.39 is 0 Å².